The predicted octanol–water partition coefficient (Wildman–Crippen LogP) is 3.21. The molecule has 1 aromatic heterocycles. The van der Waals surface area contributed by atoms with Crippen LogP contribution in [0.25, 0.3) is 0 Å². The van der Waals surface area contributed by atoms with Crippen molar-refractivity contribution in [3.05, 3.63) is 59.3 Å². The second-order valence-corrected chi connectivity index (χ2v) is 7.64. The molecule has 0 aliphatic carbocycles. The Balaban J connectivity index is 1.91. The van der Waals surface area contributed by atoms with Crippen LogP contribution in [0.4, 0.5) is 0 Å². The summed E-state index contributed by atoms with van der Waals surface area (Å²) in [4.78, 5) is 40.2. The molecule has 1 N–H and O–H groups in total. The van der Waals surface area contributed by atoms with Gasteiger partial charge in [0.25, 0.3) is 11.8 Å². The SMILES string of the molecule is CSc1ncccc1C(=O)OCC(=O)NC(=O)c1ccc(C(C)(C)C)cc1. The fourth-order valence-corrected chi connectivity index (χ4v) is 2.81. The van der Waals surface area contributed by atoms with E-state index in [2.05, 4.69) is 31.1 Å². The Morgan fingerprint density at radius 2 is 1.78 bits per heavy atom. The Hall–Kier alpha value is -2.67. The Morgan fingerprint density at radius 1 is 1.11 bits per heavy atom. The maximum absolute atomic E-state index is 12.1. The quantitative estimate of drug-likeness (QED) is 0.627. The van der Waals surface area contributed by atoms with Crippen molar-refractivity contribution in [3.63, 3.8) is 0 Å². The van der Waals surface area contributed by atoms with Crippen molar-refractivity contribution < 1.29 is 19.1 Å². The Kier molecular flexibility index (Phi) is 6.74. The standard InChI is InChI=1S/C20H22N2O4S/c1-20(2,3)14-9-7-13(8-10-14)17(24)22-16(23)12-26-19(25)15-6-5-11-21-18(15)27-4/h5-11H,12H2,1-4H3,(H,22,23,24). The molecule has 2 amide bonds. The van der Waals surface area contributed by atoms with Crippen molar-refractivity contribution in [1.29, 1.82) is 0 Å². The van der Waals surface area contributed by atoms with Crippen LogP contribution >= 0.6 is 11.8 Å². The van der Waals surface area contributed by atoms with Gasteiger partial charge in [0, 0.05) is 11.8 Å². The van der Waals surface area contributed by atoms with Gasteiger partial charge in [-0.15, -0.1) is 11.8 Å². The molecule has 0 saturated carbocycles. The molecule has 0 aliphatic rings. The molecule has 7 heteroatoms. The van der Waals surface area contributed by atoms with Gasteiger partial charge < -0.3 is 4.74 Å². The number of thioether (sulfide) groups is 1. The number of carbonyl (C=O) groups is 3. The Labute approximate surface area is 162 Å². The van der Waals surface area contributed by atoms with Crippen molar-refractivity contribution >= 4 is 29.5 Å². The van der Waals surface area contributed by atoms with Crippen molar-refractivity contribution in [2.75, 3.05) is 12.9 Å². The summed E-state index contributed by atoms with van der Waals surface area (Å²) in [5, 5.41) is 2.73. The Morgan fingerprint density at radius 3 is 2.37 bits per heavy atom. The number of benzene rings is 1. The highest BCUT2D eigenvalue weighted by Gasteiger charge is 2.17. The molecule has 27 heavy (non-hydrogen) atoms. The first-order valence-electron chi connectivity index (χ1n) is 8.33. The number of pyridine rings is 1. The lowest BCUT2D eigenvalue weighted by molar-refractivity contribution is -0.123. The van der Waals surface area contributed by atoms with E-state index in [1.165, 1.54) is 11.8 Å². The van der Waals surface area contributed by atoms with Crippen molar-refractivity contribution in [1.82, 2.24) is 10.3 Å². The van der Waals surface area contributed by atoms with Crippen LogP contribution in [-0.4, -0.2) is 35.6 Å². The minimum absolute atomic E-state index is 0.0268. The van der Waals surface area contributed by atoms with Gasteiger partial charge in [0.1, 0.15) is 5.03 Å². The zero-order chi connectivity index (χ0) is 20.0. The van der Waals surface area contributed by atoms with Crippen LogP contribution in [0.1, 0.15) is 47.1 Å². The second kappa shape index (κ2) is 8.81. The monoisotopic (exact) mass is 386 g/mol. The van der Waals surface area contributed by atoms with Crippen LogP contribution in [0.2, 0.25) is 0 Å². The number of imide groups is 1. The number of ether oxygens (including phenoxy) is 1. The second-order valence-electron chi connectivity index (χ2n) is 6.84. The van der Waals surface area contributed by atoms with E-state index in [1.807, 2.05) is 12.1 Å². The normalized spacial score (nSPS) is 11.0. The van der Waals surface area contributed by atoms with Gasteiger partial charge in [-0.2, -0.15) is 0 Å². The van der Waals surface area contributed by atoms with Gasteiger partial charge in [0.2, 0.25) is 0 Å². The molecule has 2 rings (SSSR count). The Bertz CT molecular complexity index is 842. The van der Waals surface area contributed by atoms with E-state index in [0.29, 0.717) is 10.6 Å². The first-order chi connectivity index (χ1) is 12.7. The zero-order valence-corrected chi connectivity index (χ0v) is 16.6. The van der Waals surface area contributed by atoms with Crippen LogP contribution in [0.3, 0.4) is 0 Å². The van der Waals surface area contributed by atoms with Gasteiger partial charge in [-0.05, 0) is 41.5 Å². The summed E-state index contributed by atoms with van der Waals surface area (Å²) in [6.07, 6.45) is 3.36. The molecule has 0 unspecified atom stereocenters. The molecular weight excluding hydrogens is 364 g/mol. The van der Waals surface area contributed by atoms with Crippen LogP contribution < -0.4 is 5.32 Å². The third kappa shape index (κ3) is 5.65. The summed E-state index contributed by atoms with van der Waals surface area (Å²) in [6, 6.07) is 10.2. The number of esters is 1. The van der Waals surface area contributed by atoms with Crippen molar-refractivity contribution in [2.45, 2.75) is 31.2 Å². The molecule has 0 bridgehead atoms. The maximum Gasteiger partial charge on any atom is 0.341 e. The van der Waals surface area contributed by atoms with E-state index >= 15 is 0 Å². The molecule has 6 nitrogen and oxygen atoms in total. The van der Waals surface area contributed by atoms with Gasteiger partial charge in [-0.1, -0.05) is 32.9 Å². The number of nitrogens with zero attached hydrogens (tertiary/aromatic N) is 1. The number of nitrogens with one attached hydrogen (secondary N) is 1. The minimum atomic E-state index is -0.692. The zero-order valence-electron chi connectivity index (χ0n) is 15.7. The van der Waals surface area contributed by atoms with E-state index in [-0.39, 0.29) is 11.0 Å². The lowest BCUT2D eigenvalue weighted by Crippen LogP contribution is -2.34. The molecule has 0 radical (unpaired) electrons. The summed E-state index contributed by atoms with van der Waals surface area (Å²) in [6.45, 7) is 5.67. The third-order valence-electron chi connectivity index (χ3n) is 3.78. The van der Waals surface area contributed by atoms with E-state index in [1.54, 1.807) is 36.7 Å². The summed E-state index contributed by atoms with van der Waals surface area (Å²) in [5.41, 5.74) is 1.70. The third-order valence-corrected chi connectivity index (χ3v) is 4.50. The van der Waals surface area contributed by atoms with Crippen LogP contribution in [0.15, 0.2) is 47.6 Å². The van der Waals surface area contributed by atoms with Crippen LogP contribution in [0, 0.1) is 0 Å². The van der Waals surface area contributed by atoms with E-state index in [4.69, 9.17) is 4.74 Å². The lowest BCUT2D eigenvalue weighted by Gasteiger charge is -2.19. The smallest absolute Gasteiger partial charge is 0.341 e. The summed E-state index contributed by atoms with van der Waals surface area (Å²) in [7, 11) is 0. The van der Waals surface area contributed by atoms with Gasteiger partial charge in [-0.25, -0.2) is 9.78 Å². The van der Waals surface area contributed by atoms with Gasteiger partial charge >= 0.3 is 5.97 Å². The molecule has 0 spiro atoms. The molecule has 1 heterocycles. The minimum Gasteiger partial charge on any atom is -0.452 e. The summed E-state index contributed by atoms with van der Waals surface area (Å²) in [5.74, 6) is -1.89. The van der Waals surface area contributed by atoms with E-state index in [9.17, 15) is 14.4 Å². The first kappa shape index (κ1) is 20.6. The van der Waals surface area contributed by atoms with E-state index in [0.717, 1.165) is 5.56 Å². The number of aromatic nitrogens is 1. The molecule has 0 atom stereocenters. The van der Waals surface area contributed by atoms with Crippen molar-refractivity contribution in [2.24, 2.45) is 0 Å². The van der Waals surface area contributed by atoms with Gasteiger partial charge in [0.15, 0.2) is 6.61 Å². The fourth-order valence-electron chi connectivity index (χ4n) is 2.27. The highest BCUT2D eigenvalue weighted by atomic mass is 32.2. The molecule has 142 valence electrons. The molecule has 2 aromatic rings. The molecule has 1 aromatic carbocycles. The average molecular weight is 386 g/mol. The molecule has 0 saturated heterocycles. The maximum atomic E-state index is 12.1. The van der Waals surface area contributed by atoms with Crippen LogP contribution in [-0.2, 0) is 14.9 Å². The van der Waals surface area contributed by atoms with Crippen LogP contribution in [0.5, 0.6) is 0 Å². The van der Waals surface area contributed by atoms with Gasteiger partial charge in [0.05, 0.1) is 5.56 Å². The number of carbonyl (C=O) groups excluding carboxylic acids is 3. The summed E-state index contributed by atoms with van der Waals surface area (Å²) >= 11 is 1.30. The predicted molar refractivity (Wildman–Crippen MR) is 104 cm³/mol. The highest BCUT2D eigenvalue weighted by Crippen LogP contribution is 2.22. The summed E-state index contributed by atoms with van der Waals surface area (Å²) < 4.78 is 4.98. The first-order valence-corrected chi connectivity index (χ1v) is 9.55. The molecular formula is C20H22N2O4S. The molecule has 0 fully saturated rings. The topological polar surface area (TPSA) is 85.4 Å². The number of hydrogen-bond donors (Lipinski definition) is 1. The average Bonchev–Trinajstić information content (AvgIpc) is 2.65. The van der Waals surface area contributed by atoms with E-state index < -0.39 is 24.4 Å². The molecule has 0 aliphatic heterocycles. The van der Waals surface area contributed by atoms with Gasteiger partial charge in [-0.3, -0.25) is 14.9 Å². The van der Waals surface area contributed by atoms with Crippen molar-refractivity contribution in [3.8, 4) is 0 Å². The largest absolute Gasteiger partial charge is 0.452 e. The highest BCUT2D eigenvalue weighted by molar-refractivity contribution is 7.98. The number of hydrogen-bond acceptors (Lipinski definition) is 6. The number of amides is 2. The fraction of sp³-hybridized carbons (Fsp3) is 0.300. The number of rotatable bonds is 5. The lowest BCUT2D eigenvalue weighted by atomic mass is 9.87.